The van der Waals surface area contributed by atoms with E-state index in [1.165, 1.54) is 16.7 Å². The summed E-state index contributed by atoms with van der Waals surface area (Å²) < 4.78 is -0.649. The number of hydrogen-bond acceptors (Lipinski definition) is 5. The van der Waals surface area contributed by atoms with E-state index in [1.54, 1.807) is 20.8 Å². The maximum absolute atomic E-state index is 12.8. The molecule has 2 fully saturated rings. The Morgan fingerprint density at radius 2 is 1.71 bits per heavy atom. The zero-order valence-electron chi connectivity index (χ0n) is 16.7. The number of carbonyl (C=O) groups is 3. The highest BCUT2D eigenvalue weighted by Gasteiger charge is 2.70. The van der Waals surface area contributed by atoms with E-state index in [1.807, 2.05) is 24.3 Å². The van der Waals surface area contributed by atoms with Gasteiger partial charge in [-0.25, -0.2) is 4.79 Å². The van der Waals surface area contributed by atoms with Gasteiger partial charge in [-0.3, -0.25) is 9.59 Å². The lowest BCUT2D eigenvalue weighted by atomic mass is 9.85. The normalized spacial score (nSPS) is 29.2. The van der Waals surface area contributed by atoms with Gasteiger partial charge in [0, 0.05) is 4.75 Å². The molecule has 2 amide bonds. The van der Waals surface area contributed by atoms with Crippen molar-refractivity contribution in [1.29, 1.82) is 0 Å². The van der Waals surface area contributed by atoms with Crippen LogP contribution in [0.15, 0.2) is 24.3 Å². The van der Waals surface area contributed by atoms with Gasteiger partial charge in [-0.15, -0.1) is 11.8 Å². The molecule has 2 aliphatic heterocycles. The molecule has 0 bridgehead atoms. The third kappa shape index (κ3) is 3.08. The molecule has 0 spiro atoms. The number of nitrogens with zero attached hydrogens (tertiary/aromatic N) is 1. The number of carboxylic acid groups (broad SMARTS) is 1. The van der Waals surface area contributed by atoms with Crippen LogP contribution in [0.3, 0.4) is 0 Å². The summed E-state index contributed by atoms with van der Waals surface area (Å²) in [5.41, 5.74) is 6.77. The minimum atomic E-state index is -1.17. The van der Waals surface area contributed by atoms with Crippen LogP contribution >= 0.6 is 11.8 Å². The van der Waals surface area contributed by atoms with Crippen molar-refractivity contribution in [2.45, 2.75) is 68.3 Å². The molecule has 3 rings (SSSR count). The Bertz CT molecular complexity index is 823. The van der Waals surface area contributed by atoms with Crippen molar-refractivity contribution in [3.63, 3.8) is 0 Å². The van der Waals surface area contributed by atoms with Crippen molar-refractivity contribution in [3.05, 3.63) is 35.4 Å². The predicted octanol–water partition coefficient (Wildman–Crippen LogP) is 1.83. The molecule has 0 radical (unpaired) electrons. The molecule has 7 nitrogen and oxygen atoms in total. The molecule has 2 heterocycles. The largest absolute Gasteiger partial charge is 0.480 e. The van der Waals surface area contributed by atoms with Crippen molar-refractivity contribution in [2.24, 2.45) is 5.73 Å². The SMILES string of the molecule is CC(C)c1ccc(C(N)C(=O)NC2(C)C(=O)N3[C@@H](C(=O)O)C(C)(C)S[C@@H]32)cc1. The number of carboxylic acids is 1. The number of carbonyl (C=O) groups excluding carboxylic acids is 2. The van der Waals surface area contributed by atoms with Crippen molar-refractivity contribution in [3.8, 4) is 0 Å². The van der Waals surface area contributed by atoms with Crippen LogP contribution in [0, 0.1) is 0 Å². The van der Waals surface area contributed by atoms with Gasteiger partial charge in [0.15, 0.2) is 0 Å². The van der Waals surface area contributed by atoms with Crippen LogP contribution in [-0.4, -0.2) is 49.5 Å². The Morgan fingerprint density at radius 1 is 1.18 bits per heavy atom. The first-order chi connectivity index (χ1) is 12.9. The van der Waals surface area contributed by atoms with Gasteiger partial charge < -0.3 is 21.1 Å². The fraction of sp³-hybridized carbons (Fsp3) is 0.550. The summed E-state index contributed by atoms with van der Waals surface area (Å²) in [5, 5.41) is 11.9. The van der Waals surface area contributed by atoms with E-state index in [0.717, 1.165) is 5.56 Å². The van der Waals surface area contributed by atoms with Crippen LogP contribution < -0.4 is 11.1 Å². The molecule has 2 saturated heterocycles. The summed E-state index contributed by atoms with van der Waals surface area (Å²) in [6.45, 7) is 9.40. The van der Waals surface area contributed by atoms with Crippen LogP contribution in [0.1, 0.15) is 57.7 Å². The first kappa shape index (κ1) is 20.7. The summed E-state index contributed by atoms with van der Waals surface area (Å²) in [6, 6.07) is 5.71. The van der Waals surface area contributed by atoms with Crippen LogP contribution in [0.2, 0.25) is 0 Å². The molecule has 0 saturated carbocycles. The maximum atomic E-state index is 12.8. The second kappa shape index (κ2) is 6.77. The number of nitrogens with two attached hydrogens (primary N) is 1. The number of nitrogens with one attached hydrogen (secondary N) is 1. The zero-order chi connectivity index (χ0) is 21.0. The van der Waals surface area contributed by atoms with E-state index in [4.69, 9.17) is 5.73 Å². The Balaban J connectivity index is 1.75. The lowest BCUT2D eigenvalue weighted by Crippen LogP contribution is -2.78. The average Bonchev–Trinajstić information content (AvgIpc) is 2.90. The van der Waals surface area contributed by atoms with E-state index in [2.05, 4.69) is 19.2 Å². The molecular weight excluding hydrogens is 378 g/mol. The Hall–Kier alpha value is -2.06. The van der Waals surface area contributed by atoms with Gasteiger partial charge in [0.1, 0.15) is 23.0 Å². The molecule has 0 aliphatic carbocycles. The summed E-state index contributed by atoms with van der Waals surface area (Å²) in [6.07, 6.45) is 0. The second-order valence-corrected chi connectivity index (χ2v) is 10.3. The monoisotopic (exact) mass is 405 g/mol. The number of thioether (sulfide) groups is 1. The molecule has 0 aromatic heterocycles. The van der Waals surface area contributed by atoms with Gasteiger partial charge in [-0.2, -0.15) is 0 Å². The zero-order valence-corrected chi connectivity index (χ0v) is 17.5. The van der Waals surface area contributed by atoms with Crippen molar-refractivity contribution in [1.82, 2.24) is 10.2 Å². The number of benzene rings is 1. The summed E-state index contributed by atoms with van der Waals surface area (Å²) >= 11 is 1.39. The fourth-order valence-corrected chi connectivity index (χ4v) is 5.56. The summed E-state index contributed by atoms with van der Waals surface area (Å²) in [4.78, 5) is 38.5. The molecule has 2 unspecified atom stereocenters. The number of aliphatic carboxylic acids is 1. The van der Waals surface area contributed by atoms with Crippen molar-refractivity contribution >= 4 is 29.5 Å². The van der Waals surface area contributed by atoms with E-state index >= 15 is 0 Å². The lowest BCUT2D eigenvalue weighted by molar-refractivity contribution is -0.168. The fourth-order valence-electron chi connectivity index (χ4n) is 3.91. The third-order valence-electron chi connectivity index (χ3n) is 5.64. The number of hydrogen-bond donors (Lipinski definition) is 3. The smallest absolute Gasteiger partial charge is 0.327 e. The number of β-lactam (4-membered cyclic amide) rings is 1. The topological polar surface area (TPSA) is 113 Å². The summed E-state index contributed by atoms with van der Waals surface area (Å²) in [5.74, 6) is -1.51. The van der Waals surface area contributed by atoms with Gasteiger partial charge in [-0.1, -0.05) is 38.1 Å². The van der Waals surface area contributed by atoms with E-state index in [-0.39, 0.29) is 0 Å². The van der Waals surface area contributed by atoms with E-state index < -0.39 is 45.5 Å². The van der Waals surface area contributed by atoms with Crippen LogP contribution in [-0.2, 0) is 14.4 Å². The molecule has 4 atom stereocenters. The molecule has 1 aromatic rings. The van der Waals surface area contributed by atoms with Gasteiger partial charge >= 0.3 is 5.97 Å². The minimum Gasteiger partial charge on any atom is -0.480 e. The van der Waals surface area contributed by atoms with Gasteiger partial charge in [0.25, 0.3) is 5.91 Å². The van der Waals surface area contributed by atoms with Gasteiger partial charge in [0.2, 0.25) is 5.91 Å². The quantitative estimate of drug-likeness (QED) is 0.644. The van der Waals surface area contributed by atoms with Gasteiger partial charge in [-0.05, 0) is 37.8 Å². The van der Waals surface area contributed by atoms with Gasteiger partial charge in [0.05, 0.1) is 0 Å². The molecule has 28 heavy (non-hydrogen) atoms. The van der Waals surface area contributed by atoms with Crippen LogP contribution in [0.4, 0.5) is 0 Å². The molecule has 1 aromatic carbocycles. The molecule has 2 aliphatic rings. The standard InChI is InChI=1S/C20H27N3O4S/c1-10(2)11-6-8-12(9-7-11)13(21)15(24)22-20(5)17(27)23-14(16(25)26)19(3,4)28-18(20)23/h6-10,13-14,18H,21H2,1-5H3,(H,22,24)(H,25,26)/t13?,14-,18+,20?/m0/s1. The Morgan fingerprint density at radius 3 is 2.21 bits per heavy atom. The first-order valence-corrected chi connectivity index (χ1v) is 10.2. The highest BCUT2D eigenvalue weighted by molar-refractivity contribution is 8.01. The Kier molecular flexibility index (Phi) is 5.00. The number of fused-ring (bicyclic) bond motifs is 1. The highest BCUT2D eigenvalue weighted by atomic mass is 32.2. The minimum absolute atomic E-state index is 0.376. The van der Waals surface area contributed by atoms with Crippen LogP contribution in [0.25, 0.3) is 0 Å². The molecule has 8 heteroatoms. The molecule has 152 valence electrons. The first-order valence-electron chi connectivity index (χ1n) is 9.31. The summed E-state index contributed by atoms with van der Waals surface area (Å²) in [7, 11) is 0. The van der Waals surface area contributed by atoms with Crippen LogP contribution in [0.5, 0.6) is 0 Å². The van der Waals surface area contributed by atoms with E-state index in [9.17, 15) is 19.5 Å². The second-order valence-electron chi connectivity index (χ2n) is 8.52. The number of rotatable bonds is 5. The molecular formula is C20H27N3O4S. The maximum Gasteiger partial charge on any atom is 0.327 e. The Labute approximate surface area is 169 Å². The van der Waals surface area contributed by atoms with E-state index in [0.29, 0.717) is 11.5 Å². The number of amides is 2. The molecule has 4 N–H and O–H groups in total. The predicted molar refractivity (Wildman–Crippen MR) is 108 cm³/mol. The average molecular weight is 406 g/mol. The lowest BCUT2D eigenvalue weighted by Gasteiger charge is -2.51. The van der Waals surface area contributed by atoms with Crippen molar-refractivity contribution < 1.29 is 19.5 Å². The third-order valence-corrected chi connectivity index (χ3v) is 7.39. The highest BCUT2D eigenvalue weighted by Crippen LogP contribution is 2.54. The van der Waals surface area contributed by atoms with Crippen molar-refractivity contribution in [2.75, 3.05) is 0 Å².